The van der Waals surface area contributed by atoms with Crippen molar-refractivity contribution in [1.82, 2.24) is 4.98 Å². The Labute approximate surface area is 173 Å². The lowest BCUT2D eigenvalue weighted by Gasteiger charge is -2.30. The Morgan fingerprint density at radius 3 is 2.40 bits per heavy atom. The van der Waals surface area contributed by atoms with Crippen molar-refractivity contribution >= 4 is 11.4 Å². The SMILES string of the molecule is Cc1cc(C)c(C2=C(O)[C@@H]3[C@H](C2=O)[C@@H]2O[C@H]3C(C#N)[C@H]2c2ccc(F)nc2)c(C)c1. The quantitative estimate of drug-likeness (QED) is 0.767. The van der Waals surface area contributed by atoms with E-state index in [1.54, 1.807) is 6.07 Å². The summed E-state index contributed by atoms with van der Waals surface area (Å²) in [4.78, 5) is 17.3. The largest absolute Gasteiger partial charge is 0.511 e. The number of hydrogen-bond donors (Lipinski definition) is 1. The van der Waals surface area contributed by atoms with E-state index in [4.69, 9.17) is 4.74 Å². The molecule has 2 saturated heterocycles. The van der Waals surface area contributed by atoms with Crippen molar-refractivity contribution < 1.29 is 19.0 Å². The number of nitrogens with zero attached hydrogens (tertiary/aromatic N) is 2. The number of Topliss-reactive ketones (excluding diaryl/α,β-unsaturated/α-hetero) is 1. The number of aliphatic hydroxyl groups is 1. The van der Waals surface area contributed by atoms with Crippen LogP contribution in [0.15, 0.2) is 36.2 Å². The molecule has 1 aliphatic carbocycles. The van der Waals surface area contributed by atoms with Crippen LogP contribution in [-0.2, 0) is 9.53 Å². The lowest BCUT2D eigenvalue weighted by Crippen LogP contribution is -2.39. The van der Waals surface area contributed by atoms with E-state index in [9.17, 15) is 19.6 Å². The maximum atomic E-state index is 13.5. The molecular formula is C24H21FN2O3. The van der Waals surface area contributed by atoms with Crippen molar-refractivity contribution in [2.45, 2.75) is 38.9 Å². The standard InChI is InChI=1S/C24H21FN2O3/c1-10-6-11(2)16(12(3)7-10)18-21(28)19-20(22(18)29)24-17(14(8-26)23(19)30-24)13-4-5-15(25)27-9-13/h4-7,9,14,17,19-20,23-24,28H,1-3H3/t14?,17-,19+,20-,23+,24-/m1/s1. The van der Waals surface area contributed by atoms with Crippen LogP contribution in [0.1, 0.15) is 33.7 Å². The van der Waals surface area contributed by atoms with Crippen molar-refractivity contribution in [1.29, 1.82) is 5.26 Å². The average Bonchev–Trinajstić information content (AvgIpc) is 3.33. The van der Waals surface area contributed by atoms with Gasteiger partial charge in [0.1, 0.15) is 5.76 Å². The van der Waals surface area contributed by atoms with Crippen LogP contribution in [0.25, 0.3) is 5.57 Å². The third-order valence-corrected chi connectivity index (χ3v) is 6.84. The number of aliphatic hydroxyl groups excluding tert-OH is 1. The highest BCUT2D eigenvalue weighted by Gasteiger charge is 2.66. The molecule has 2 aromatic rings. The van der Waals surface area contributed by atoms with Gasteiger partial charge in [-0.1, -0.05) is 23.8 Å². The van der Waals surface area contributed by atoms with E-state index in [1.165, 1.54) is 12.3 Å². The van der Waals surface area contributed by atoms with Crippen LogP contribution in [-0.4, -0.2) is 28.1 Å². The molecule has 0 radical (unpaired) electrons. The number of hydrogen-bond acceptors (Lipinski definition) is 5. The fourth-order valence-corrected chi connectivity index (χ4v) is 5.84. The molecular weight excluding hydrogens is 383 g/mol. The average molecular weight is 404 g/mol. The Hall–Kier alpha value is -3.04. The van der Waals surface area contributed by atoms with E-state index >= 15 is 0 Å². The van der Waals surface area contributed by atoms with Gasteiger partial charge in [0, 0.05) is 12.1 Å². The number of allylic oxidation sites excluding steroid dienone is 1. The van der Waals surface area contributed by atoms with Gasteiger partial charge in [-0.25, -0.2) is 4.98 Å². The number of carbonyl (C=O) groups is 1. The molecule has 1 aromatic heterocycles. The first-order chi connectivity index (χ1) is 14.3. The predicted octanol–water partition coefficient (Wildman–Crippen LogP) is 3.93. The third kappa shape index (κ3) is 2.42. The monoisotopic (exact) mass is 404 g/mol. The van der Waals surface area contributed by atoms with Gasteiger partial charge >= 0.3 is 0 Å². The number of nitriles is 1. The molecule has 0 spiro atoms. The number of halogens is 1. The lowest BCUT2D eigenvalue weighted by atomic mass is 9.67. The van der Waals surface area contributed by atoms with Gasteiger partial charge in [0.15, 0.2) is 5.78 Å². The van der Waals surface area contributed by atoms with E-state index in [0.29, 0.717) is 11.1 Å². The molecule has 3 aliphatic rings. The van der Waals surface area contributed by atoms with Crippen LogP contribution in [0.2, 0.25) is 0 Å². The van der Waals surface area contributed by atoms with Crippen LogP contribution in [0, 0.1) is 55.8 Å². The Balaban J connectivity index is 1.60. The number of ether oxygens (including phenoxy) is 1. The minimum atomic E-state index is -0.599. The Morgan fingerprint density at radius 2 is 1.80 bits per heavy atom. The zero-order chi connectivity index (χ0) is 21.3. The van der Waals surface area contributed by atoms with Crippen molar-refractivity contribution in [3.63, 3.8) is 0 Å². The minimum absolute atomic E-state index is 0.0310. The van der Waals surface area contributed by atoms with E-state index in [0.717, 1.165) is 22.3 Å². The van der Waals surface area contributed by atoms with Crippen LogP contribution < -0.4 is 0 Å². The Morgan fingerprint density at radius 1 is 1.10 bits per heavy atom. The summed E-state index contributed by atoms with van der Waals surface area (Å²) in [5.74, 6) is -2.71. The summed E-state index contributed by atoms with van der Waals surface area (Å²) in [6.07, 6.45) is 0.286. The number of aromatic nitrogens is 1. The molecule has 2 fully saturated rings. The van der Waals surface area contributed by atoms with Crippen LogP contribution in [0.4, 0.5) is 4.39 Å². The van der Waals surface area contributed by atoms with Crippen LogP contribution >= 0.6 is 0 Å². The number of ketones is 1. The highest BCUT2D eigenvalue weighted by molar-refractivity contribution is 6.26. The third-order valence-electron chi connectivity index (χ3n) is 6.84. The highest BCUT2D eigenvalue weighted by atomic mass is 19.1. The molecule has 30 heavy (non-hydrogen) atoms. The first-order valence-corrected chi connectivity index (χ1v) is 10.1. The van der Waals surface area contributed by atoms with E-state index < -0.39 is 35.9 Å². The van der Waals surface area contributed by atoms with Gasteiger partial charge in [0.25, 0.3) is 0 Å². The van der Waals surface area contributed by atoms with Gasteiger partial charge < -0.3 is 9.84 Å². The van der Waals surface area contributed by atoms with Crippen molar-refractivity contribution in [3.8, 4) is 6.07 Å². The summed E-state index contributed by atoms with van der Waals surface area (Å²) in [6, 6.07) is 9.15. The second-order valence-corrected chi connectivity index (χ2v) is 8.61. The summed E-state index contributed by atoms with van der Waals surface area (Å²) in [7, 11) is 0. The summed E-state index contributed by atoms with van der Waals surface area (Å²) in [5.41, 5.74) is 4.77. The molecule has 1 aromatic carbocycles. The van der Waals surface area contributed by atoms with Crippen LogP contribution in [0.3, 0.4) is 0 Å². The van der Waals surface area contributed by atoms with Crippen LogP contribution in [0.5, 0.6) is 0 Å². The second kappa shape index (κ2) is 6.48. The highest BCUT2D eigenvalue weighted by Crippen LogP contribution is 2.60. The fourth-order valence-electron chi connectivity index (χ4n) is 5.84. The molecule has 152 valence electrons. The predicted molar refractivity (Wildman–Crippen MR) is 107 cm³/mol. The van der Waals surface area contributed by atoms with E-state index in [1.807, 2.05) is 32.9 Å². The summed E-state index contributed by atoms with van der Waals surface area (Å²) in [6.45, 7) is 5.87. The zero-order valence-corrected chi connectivity index (χ0v) is 16.9. The van der Waals surface area contributed by atoms with Gasteiger partial charge in [-0.3, -0.25) is 4.79 Å². The van der Waals surface area contributed by atoms with Gasteiger partial charge in [-0.05, 0) is 49.1 Å². The molecule has 2 aliphatic heterocycles. The molecule has 6 heteroatoms. The Bertz CT molecular complexity index is 1130. The van der Waals surface area contributed by atoms with Crippen molar-refractivity contribution in [2.24, 2.45) is 17.8 Å². The maximum Gasteiger partial charge on any atom is 0.212 e. The molecule has 6 atom stereocenters. The van der Waals surface area contributed by atoms with Gasteiger partial charge in [0.2, 0.25) is 5.95 Å². The molecule has 2 bridgehead atoms. The van der Waals surface area contributed by atoms with E-state index in [2.05, 4.69) is 11.1 Å². The zero-order valence-electron chi connectivity index (χ0n) is 16.9. The minimum Gasteiger partial charge on any atom is -0.511 e. The molecule has 5 nitrogen and oxygen atoms in total. The van der Waals surface area contributed by atoms with Gasteiger partial charge in [0.05, 0.1) is 41.6 Å². The molecule has 0 saturated carbocycles. The summed E-state index contributed by atoms with van der Waals surface area (Å²) < 4.78 is 19.4. The fraction of sp³-hybridized carbons (Fsp3) is 0.375. The smallest absolute Gasteiger partial charge is 0.212 e. The number of pyridine rings is 1. The number of aryl methyl sites for hydroxylation is 3. The molecule has 5 rings (SSSR count). The molecule has 1 unspecified atom stereocenters. The lowest BCUT2D eigenvalue weighted by molar-refractivity contribution is -0.119. The van der Waals surface area contributed by atoms with E-state index in [-0.39, 0.29) is 17.5 Å². The van der Waals surface area contributed by atoms with Gasteiger partial charge in [-0.2, -0.15) is 9.65 Å². The first-order valence-electron chi connectivity index (χ1n) is 10.1. The normalized spacial score (nSPS) is 31.9. The number of fused-ring (bicyclic) bond motifs is 5. The molecule has 3 heterocycles. The Kier molecular flexibility index (Phi) is 4.09. The van der Waals surface area contributed by atoms with Gasteiger partial charge in [-0.15, -0.1) is 0 Å². The number of benzene rings is 1. The summed E-state index contributed by atoms with van der Waals surface area (Å²) >= 11 is 0. The van der Waals surface area contributed by atoms with Crippen molar-refractivity contribution in [2.75, 3.05) is 0 Å². The van der Waals surface area contributed by atoms with Crippen molar-refractivity contribution in [3.05, 3.63) is 70.0 Å². The maximum absolute atomic E-state index is 13.5. The number of carbonyl (C=O) groups excluding carboxylic acids is 1. The summed E-state index contributed by atoms with van der Waals surface area (Å²) in [5, 5.41) is 21.0. The topological polar surface area (TPSA) is 83.2 Å². The molecule has 0 amide bonds. The number of rotatable bonds is 2. The second-order valence-electron chi connectivity index (χ2n) is 8.61. The first kappa shape index (κ1) is 19.0. The molecule has 1 N–H and O–H groups in total.